The molecule has 0 fully saturated rings. The van der Waals surface area contributed by atoms with Crippen molar-refractivity contribution in [1.29, 1.82) is 0 Å². The van der Waals surface area contributed by atoms with Gasteiger partial charge in [-0.3, -0.25) is 9.59 Å². The number of carbonyl (C=O) groups is 2. The van der Waals surface area contributed by atoms with Crippen LogP contribution in [-0.2, 0) is 0 Å². The summed E-state index contributed by atoms with van der Waals surface area (Å²) >= 11 is 1.29. The van der Waals surface area contributed by atoms with Crippen LogP contribution in [-0.4, -0.2) is 30.1 Å². The van der Waals surface area contributed by atoms with Crippen LogP contribution in [0, 0.1) is 6.92 Å². The number of aryl methyl sites for hydroxylation is 1. The predicted octanol–water partition coefficient (Wildman–Crippen LogP) is 4.70. The molecule has 0 atom stereocenters. The highest BCUT2D eigenvalue weighted by Gasteiger charge is 2.22. The lowest BCUT2D eigenvalue weighted by Gasteiger charge is -2.10. The number of ketones is 1. The monoisotopic (exact) mass is 424 g/mol. The number of fused-ring (bicyclic) bond motifs is 1. The van der Waals surface area contributed by atoms with E-state index in [1.54, 1.807) is 19.1 Å². The van der Waals surface area contributed by atoms with E-state index in [2.05, 4.69) is 10.3 Å². The number of rotatable bonds is 6. The molecular weight excluding hydrogens is 404 g/mol. The molecule has 0 saturated heterocycles. The Bertz CT molecular complexity index is 1120. The first-order valence-corrected chi connectivity index (χ1v) is 10.2. The van der Waals surface area contributed by atoms with Gasteiger partial charge in [-0.15, -0.1) is 11.3 Å². The van der Waals surface area contributed by atoms with Gasteiger partial charge in [-0.1, -0.05) is 0 Å². The molecule has 1 aliphatic heterocycles. The third-order valence-corrected chi connectivity index (χ3v) is 5.76. The summed E-state index contributed by atoms with van der Waals surface area (Å²) in [5, 5.41) is 3.56. The van der Waals surface area contributed by atoms with Crippen molar-refractivity contribution >= 4 is 28.7 Å². The highest BCUT2D eigenvalue weighted by Crippen LogP contribution is 2.38. The number of nitrogens with one attached hydrogen (secondary N) is 1. The van der Waals surface area contributed by atoms with Gasteiger partial charge in [0.1, 0.15) is 15.6 Å². The van der Waals surface area contributed by atoms with Gasteiger partial charge in [-0.2, -0.15) is 0 Å². The zero-order valence-corrected chi connectivity index (χ0v) is 17.6. The van der Waals surface area contributed by atoms with Crippen molar-refractivity contribution in [3.05, 3.63) is 52.5 Å². The van der Waals surface area contributed by atoms with Gasteiger partial charge in [0, 0.05) is 17.2 Å². The number of hydrogen-bond acceptors (Lipinski definition) is 7. The molecule has 1 amide bonds. The zero-order valence-electron chi connectivity index (χ0n) is 16.8. The second-order valence-electron chi connectivity index (χ2n) is 6.65. The van der Waals surface area contributed by atoms with Crippen molar-refractivity contribution in [2.45, 2.75) is 20.8 Å². The molecule has 1 N–H and O–H groups in total. The largest absolute Gasteiger partial charge is 0.494 e. The molecule has 7 nitrogen and oxygen atoms in total. The van der Waals surface area contributed by atoms with Gasteiger partial charge in [0.05, 0.1) is 18.0 Å². The summed E-state index contributed by atoms with van der Waals surface area (Å²) in [5.41, 5.74) is 2.26. The second kappa shape index (κ2) is 8.16. The fourth-order valence-corrected chi connectivity index (χ4v) is 4.07. The fourth-order valence-electron chi connectivity index (χ4n) is 3.11. The Kier molecular flexibility index (Phi) is 5.41. The van der Waals surface area contributed by atoms with Crippen LogP contribution in [0.25, 0.3) is 10.6 Å². The molecule has 0 saturated carbocycles. The average Bonchev–Trinajstić information content (AvgIpc) is 3.34. The van der Waals surface area contributed by atoms with E-state index in [1.165, 1.54) is 18.3 Å². The summed E-state index contributed by atoms with van der Waals surface area (Å²) in [5.74, 6) is 1.26. The predicted molar refractivity (Wildman–Crippen MR) is 114 cm³/mol. The van der Waals surface area contributed by atoms with Gasteiger partial charge in [-0.05, 0) is 51.1 Å². The third kappa shape index (κ3) is 3.86. The number of amides is 1. The molecule has 30 heavy (non-hydrogen) atoms. The molecule has 1 aromatic heterocycles. The molecule has 4 rings (SSSR count). The standard InChI is InChI=1S/C22H20N2O5S/c1-4-27-15-7-5-14(6-8-15)22-23-12(2)20(30-22)21(26)24-17-10-19-18(28-11-29-19)9-16(17)13(3)25/h5-10H,4,11H2,1-3H3,(H,24,26). The SMILES string of the molecule is CCOc1ccc(-c2nc(C)c(C(=O)Nc3cc4c(cc3C(C)=O)OCO4)s2)cc1. The van der Waals surface area contributed by atoms with Crippen molar-refractivity contribution < 1.29 is 23.8 Å². The summed E-state index contributed by atoms with van der Waals surface area (Å²) in [6, 6.07) is 10.8. The lowest BCUT2D eigenvalue weighted by molar-refractivity contribution is 0.101. The molecule has 0 radical (unpaired) electrons. The first-order chi connectivity index (χ1) is 14.5. The third-order valence-electron chi connectivity index (χ3n) is 4.56. The highest BCUT2D eigenvalue weighted by molar-refractivity contribution is 7.17. The summed E-state index contributed by atoms with van der Waals surface area (Å²) in [6.07, 6.45) is 0. The van der Waals surface area contributed by atoms with Crippen LogP contribution < -0.4 is 19.5 Å². The molecule has 0 unspecified atom stereocenters. The lowest BCUT2D eigenvalue weighted by Crippen LogP contribution is -2.14. The molecular formula is C22H20N2O5S. The number of carbonyl (C=O) groups excluding carboxylic acids is 2. The van der Waals surface area contributed by atoms with Crippen molar-refractivity contribution in [3.8, 4) is 27.8 Å². The van der Waals surface area contributed by atoms with Crippen LogP contribution in [0.4, 0.5) is 5.69 Å². The highest BCUT2D eigenvalue weighted by atomic mass is 32.1. The van der Waals surface area contributed by atoms with Crippen LogP contribution in [0.15, 0.2) is 36.4 Å². The first-order valence-electron chi connectivity index (χ1n) is 9.43. The Morgan fingerprint density at radius 1 is 1.17 bits per heavy atom. The van der Waals surface area contributed by atoms with Gasteiger partial charge in [0.25, 0.3) is 5.91 Å². The zero-order chi connectivity index (χ0) is 21.3. The van der Waals surface area contributed by atoms with E-state index in [4.69, 9.17) is 14.2 Å². The maximum Gasteiger partial charge on any atom is 0.267 e. The van der Waals surface area contributed by atoms with E-state index in [1.807, 2.05) is 31.2 Å². The van der Waals surface area contributed by atoms with Crippen LogP contribution in [0.5, 0.6) is 17.2 Å². The summed E-state index contributed by atoms with van der Waals surface area (Å²) in [6.45, 7) is 5.84. The first kappa shape index (κ1) is 19.9. The number of benzene rings is 2. The number of ether oxygens (including phenoxy) is 3. The van der Waals surface area contributed by atoms with Crippen molar-refractivity contribution in [2.24, 2.45) is 0 Å². The second-order valence-corrected chi connectivity index (χ2v) is 7.65. The number of thiazole rings is 1. The quantitative estimate of drug-likeness (QED) is 0.577. The topological polar surface area (TPSA) is 86.8 Å². The van der Waals surface area contributed by atoms with E-state index < -0.39 is 0 Å². The maximum atomic E-state index is 12.9. The van der Waals surface area contributed by atoms with E-state index in [-0.39, 0.29) is 18.5 Å². The Morgan fingerprint density at radius 3 is 2.53 bits per heavy atom. The Balaban J connectivity index is 1.60. The van der Waals surface area contributed by atoms with Crippen LogP contribution in [0.1, 0.15) is 39.6 Å². The molecule has 0 bridgehead atoms. The van der Waals surface area contributed by atoms with E-state index in [9.17, 15) is 9.59 Å². The molecule has 1 aliphatic rings. The fraction of sp³-hybridized carbons (Fsp3) is 0.227. The molecule has 8 heteroatoms. The summed E-state index contributed by atoms with van der Waals surface area (Å²) in [7, 11) is 0. The van der Waals surface area contributed by atoms with Gasteiger partial charge in [0.2, 0.25) is 6.79 Å². The molecule has 0 spiro atoms. The molecule has 2 aromatic carbocycles. The van der Waals surface area contributed by atoms with Gasteiger partial charge < -0.3 is 19.5 Å². The number of nitrogens with zero attached hydrogens (tertiary/aromatic N) is 1. The minimum atomic E-state index is -0.330. The Morgan fingerprint density at radius 2 is 1.87 bits per heavy atom. The van der Waals surface area contributed by atoms with Gasteiger partial charge in [0.15, 0.2) is 17.3 Å². The average molecular weight is 424 g/mol. The number of hydrogen-bond donors (Lipinski definition) is 1. The smallest absolute Gasteiger partial charge is 0.267 e. The van der Waals surface area contributed by atoms with Crippen molar-refractivity contribution in [3.63, 3.8) is 0 Å². The number of anilines is 1. The molecule has 2 heterocycles. The minimum Gasteiger partial charge on any atom is -0.494 e. The normalized spacial score (nSPS) is 12.0. The maximum absolute atomic E-state index is 12.9. The Labute approximate surface area is 177 Å². The van der Waals surface area contributed by atoms with E-state index >= 15 is 0 Å². The molecule has 3 aromatic rings. The van der Waals surface area contributed by atoms with Crippen molar-refractivity contribution in [1.82, 2.24) is 4.98 Å². The van der Waals surface area contributed by atoms with Crippen LogP contribution in [0.3, 0.4) is 0 Å². The summed E-state index contributed by atoms with van der Waals surface area (Å²) in [4.78, 5) is 30.0. The minimum absolute atomic E-state index is 0.0868. The van der Waals surface area contributed by atoms with E-state index in [0.717, 1.165) is 16.3 Å². The molecule has 0 aliphatic carbocycles. The number of Topliss-reactive ketones (excluding diaryl/α,β-unsaturated/α-hetero) is 1. The van der Waals surface area contributed by atoms with Gasteiger partial charge >= 0.3 is 0 Å². The summed E-state index contributed by atoms with van der Waals surface area (Å²) < 4.78 is 16.2. The van der Waals surface area contributed by atoms with Crippen LogP contribution in [0.2, 0.25) is 0 Å². The van der Waals surface area contributed by atoms with Gasteiger partial charge in [-0.25, -0.2) is 4.98 Å². The molecule has 154 valence electrons. The lowest BCUT2D eigenvalue weighted by atomic mass is 10.1. The van der Waals surface area contributed by atoms with Crippen LogP contribution >= 0.6 is 11.3 Å². The Hall–Kier alpha value is -3.39. The van der Waals surface area contributed by atoms with Crippen molar-refractivity contribution in [2.75, 3.05) is 18.7 Å². The number of aromatic nitrogens is 1. The van der Waals surface area contributed by atoms with E-state index in [0.29, 0.717) is 39.9 Å².